The van der Waals surface area contributed by atoms with E-state index in [-0.39, 0.29) is 5.91 Å². The average molecular weight is 362 g/mol. The van der Waals surface area contributed by atoms with Gasteiger partial charge in [-0.15, -0.1) is 0 Å². The first-order valence-corrected chi connectivity index (χ1v) is 9.17. The molecule has 3 heterocycles. The van der Waals surface area contributed by atoms with Gasteiger partial charge < -0.3 is 14.5 Å². The molecule has 5 nitrogen and oxygen atoms in total. The number of furan rings is 1. The van der Waals surface area contributed by atoms with Gasteiger partial charge in [0.2, 0.25) is 5.91 Å². The molecular formula is C22H22N2O3. The molecule has 3 aromatic rings. The van der Waals surface area contributed by atoms with Crippen LogP contribution in [-0.2, 0) is 21.5 Å². The van der Waals surface area contributed by atoms with E-state index in [0.717, 1.165) is 22.5 Å². The van der Waals surface area contributed by atoms with Crippen LogP contribution in [0.1, 0.15) is 24.0 Å². The Morgan fingerprint density at radius 3 is 2.63 bits per heavy atom. The van der Waals surface area contributed by atoms with Crippen LogP contribution in [0.5, 0.6) is 0 Å². The van der Waals surface area contributed by atoms with E-state index in [0.29, 0.717) is 32.6 Å². The van der Waals surface area contributed by atoms with Crippen LogP contribution in [0, 0.1) is 0 Å². The van der Waals surface area contributed by atoms with Crippen LogP contribution in [0.2, 0.25) is 0 Å². The summed E-state index contributed by atoms with van der Waals surface area (Å²) in [4.78, 5) is 17.5. The Bertz CT molecular complexity index is 885. The first kappa shape index (κ1) is 17.5. The smallest absolute Gasteiger partial charge is 0.231 e. The molecule has 1 aliphatic rings. The minimum Gasteiger partial charge on any atom is -0.464 e. The second kappa shape index (κ2) is 7.76. The molecule has 0 radical (unpaired) electrons. The molecule has 4 rings (SSSR count). The average Bonchev–Trinajstić information content (AvgIpc) is 3.28. The molecule has 2 aromatic heterocycles. The molecule has 5 heteroatoms. The molecule has 0 saturated carbocycles. The summed E-state index contributed by atoms with van der Waals surface area (Å²) in [6, 6.07) is 15.7. The highest BCUT2D eigenvalue weighted by atomic mass is 16.5. The number of rotatable bonds is 5. The van der Waals surface area contributed by atoms with Gasteiger partial charge in [0.1, 0.15) is 5.76 Å². The zero-order valence-corrected chi connectivity index (χ0v) is 15.1. The normalized spacial score (nSPS) is 16.0. The second-order valence-electron chi connectivity index (χ2n) is 6.80. The lowest BCUT2D eigenvalue weighted by atomic mass is 9.73. The zero-order valence-electron chi connectivity index (χ0n) is 15.1. The van der Waals surface area contributed by atoms with E-state index in [1.807, 2.05) is 48.5 Å². The largest absolute Gasteiger partial charge is 0.464 e. The quantitative estimate of drug-likeness (QED) is 0.752. The Hall–Kier alpha value is -2.92. The minimum absolute atomic E-state index is 0.0420. The molecule has 27 heavy (non-hydrogen) atoms. The van der Waals surface area contributed by atoms with Gasteiger partial charge in [0, 0.05) is 37.7 Å². The van der Waals surface area contributed by atoms with Gasteiger partial charge in [0.05, 0.1) is 11.7 Å². The molecule has 1 amide bonds. The number of ether oxygens (including phenoxy) is 1. The van der Waals surface area contributed by atoms with Gasteiger partial charge in [-0.05, 0) is 42.2 Å². The van der Waals surface area contributed by atoms with E-state index in [1.165, 1.54) is 0 Å². The topological polar surface area (TPSA) is 64.4 Å². The van der Waals surface area contributed by atoms with E-state index >= 15 is 0 Å². The molecular weight excluding hydrogens is 340 g/mol. The lowest BCUT2D eigenvalue weighted by Gasteiger charge is -2.36. The first-order valence-electron chi connectivity index (χ1n) is 9.17. The van der Waals surface area contributed by atoms with E-state index in [9.17, 15) is 4.79 Å². The molecule has 1 aliphatic heterocycles. The van der Waals surface area contributed by atoms with Crippen molar-refractivity contribution in [2.24, 2.45) is 0 Å². The number of nitrogens with zero attached hydrogens (tertiary/aromatic N) is 1. The van der Waals surface area contributed by atoms with Gasteiger partial charge in [-0.25, -0.2) is 0 Å². The second-order valence-corrected chi connectivity index (χ2v) is 6.80. The summed E-state index contributed by atoms with van der Waals surface area (Å²) in [7, 11) is 0. The number of pyridine rings is 1. The number of aromatic nitrogens is 1. The van der Waals surface area contributed by atoms with Crippen molar-refractivity contribution in [3.63, 3.8) is 0 Å². The maximum Gasteiger partial charge on any atom is 0.231 e. The fourth-order valence-electron chi connectivity index (χ4n) is 3.64. The summed E-state index contributed by atoms with van der Waals surface area (Å²) in [5, 5.41) is 3.12. The molecule has 0 atom stereocenters. The van der Waals surface area contributed by atoms with Crippen molar-refractivity contribution in [1.29, 1.82) is 0 Å². The number of benzene rings is 1. The fraction of sp³-hybridized carbons (Fsp3) is 0.273. The summed E-state index contributed by atoms with van der Waals surface area (Å²) in [6.07, 6.45) is 6.54. The molecule has 0 spiro atoms. The van der Waals surface area contributed by atoms with Crippen molar-refractivity contribution in [2.45, 2.75) is 24.8 Å². The van der Waals surface area contributed by atoms with E-state index in [1.54, 1.807) is 18.7 Å². The fourth-order valence-corrected chi connectivity index (χ4v) is 3.64. The monoisotopic (exact) mass is 362 g/mol. The number of amides is 1. The Balaban J connectivity index is 1.52. The first-order chi connectivity index (χ1) is 13.3. The van der Waals surface area contributed by atoms with Crippen LogP contribution in [0.25, 0.3) is 11.3 Å². The van der Waals surface area contributed by atoms with Crippen molar-refractivity contribution in [3.05, 3.63) is 78.3 Å². The number of hydrogen-bond donors (Lipinski definition) is 1. The zero-order chi connectivity index (χ0) is 18.5. The third-order valence-corrected chi connectivity index (χ3v) is 5.16. The van der Waals surface area contributed by atoms with Crippen LogP contribution in [-0.4, -0.2) is 24.1 Å². The van der Waals surface area contributed by atoms with Crippen molar-refractivity contribution >= 4 is 5.91 Å². The Kier molecular flexibility index (Phi) is 5.03. The minimum atomic E-state index is -0.536. The third kappa shape index (κ3) is 3.64. The van der Waals surface area contributed by atoms with Gasteiger partial charge in [-0.3, -0.25) is 9.78 Å². The van der Waals surface area contributed by atoms with Gasteiger partial charge in [0.15, 0.2) is 0 Å². The standard InChI is InChI=1S/C22H22N2O3/c25-21(22(8-11-26-12-9-22)19-5-2-1-3-6-19)24-15-17-13-18(16-23-14-17)20-7-4-10-27-20/h1-7,10,13-14,16H,8-9,11-12,15H2,(H,24,25). The molecule has 1 aromatic carbocycles. The molecule has 0 aliphatic carbocycles. The summed E-state index contributed by atoms with van der Waals surface area (Å²) in [5.74, 6) is 0.807. The molecule has 0 unspecified atom stereocenters. The number of hydrogen-bond acceptors (Lipinski definition) is 4. The van der Waals surface area contributed by atoms with Crippen molar-refractivity contribution in [2.75, 3.05) is 13.2 Å². The SMILES string of the molecule is O=C(NCc1cncc(-c2ccco2)c1)C1(c2ccccc2)CCOCC1. The van der Waals surface area contributed by atoms with Crippen LogP contribution >= 0.6 is 0 Å². The number of nitrogens with one attached hydrogen (secondary N) is 1. The Morgan fingerprint density at radius 2 is 1.89 bits per heavy atom. The molecule has 0 bridgehead atoms. The van der Waals surface area contributed by atoms with Crippen LogP contribution < -0.4 is 5.32 Å². The van der Waals surface area contributed by atoms with Crippen molar-refractivity contribution in [1.82, 2.24) is 10.3 Å². The predicted octanol–water partition coefficient (Wildman–Crippen LogP) is 3.71. The number of carbonyl (C=O) groups is 1. The third-order valence-electron chi connectivity index (χ3n) is 5.16. The lowest BCUT2D eigenvalue weighted by molar-refractivity contribution is -0.130. The van der Waals surface area contributed by atoms with E-state index in [4.69, 9.17) is 9.15 Å². The molecule has 138 valence electrons. The van der Waals surface area contributed by atoms with Crippen LogP contribution in [0.15, 0.2) is 71.6 Å². The maximum atomic E-state index is 13.2. The Morgan fingerprint density at radius 1 is 1.07 bits per heavy atom. The summed E-state index contributed by atoms with van der Waals surface area (Å²) in [6.45, 7) is 1.62. The van der Waals surface area contributed by atoms with Gasteiger partial charge >= 0.3 is 0 Å². The summed E-state index contributed by atoms with van der Waals surface area (Å²) in [5.41, 5.74) is 2.35. The van der Waals surface area contributed by atoms with Gasteiger partial charge in [0.25, 0.3) is 0 Å². The lowest BCUT2D eigenvalue weighted by Crippen LogP contribution is -2.47. The van der Waals surface area contributed by atoms with Crippen molar-refractivity contribution in [3.8, 4) is 11.3 Å². The van der Waals surface area contributed by atoms with Gasteiger partial charge in [-0.2, -0.15) is 0 Å². The van der Waals surface area contributed by atoms with Crippen LogP contribution in [0.4, 0.5) is 0 Å². The van der Waals surface area contributed by atoms with Crippen LogP contribution in [0.3, 0.4) is 0 Å². The Labute approximate surface area is 158 Å². The van der Waals surface area contributed by atoms with Crippen molar-refractivity contribution < 1.29 is 13.9 Å². The van der Waals surface area contributed by atoms with Gasteiger partial charge in [-0.1, -0.05) is 30.3 Å². The molecule has 1 N–H and O–H groups in total. The maximum absolute atomic E-state index is 13.2. The molecule has 1 saturated heterocycles. The summed E-state index contributed by atoms with van der Waals surface area (Å²) < 4.78 is 10.9. The number of carbonyl (C=O) groups excluding carboxylic acids is 1. The highest BCUT2D eigenvalue weighted by Gasteiger charge is 2.41. The van der Waals surface area contributed by atoms with E-state index in [2.05, 4.69) is 10.3 Å². The highest BCUT2D eigenvalue weighted by Crippen LogP contribution is 2.35. The summed E-state index contributed by atoms with van der Waals surface area (Å²) >= 11 is 0. The van der Waals surface area contributed by atoms with E-state index < -0.39 is 5.41 Å². The molecule has 1 fully saturated rings. The highest BCUT2D eigenvalue weighted by molar-refractivity contribution is 5.88. The predicted molar refractivity (Wildman–Crippen MR) is 102 cm³/mol.